The van der Waals surface area contributed by atoms with Crippen LogP contribution >= 0.6 is 0 Å². The normalized spacial score (nSPS) is 44.6. The maximum Gasteiger partial charge on any atom is 0.303 e. The van der Waals surface area contributed by atoms with Crippen molar-refractivity contribution >= 4 is 17.5 Å². The fraction of sp³-hybridized carbons (Fsp3) is 0.708. The molecule has 4 rings (SSSR count). The maximum atomic E-state index is 13.6. The first-order valence-electron chi connectivity index (χ1n) is 11.0. The van der Waals surface area contributed by atoms with Crippen LogP contribution in [0, 0.1) is 40.4 Å². The van der Waals surface area contributed by atoms with Crippen molar-refractivity contribution in [2.75, 3.05) is 0 Å². The van der Waals surface area contributed by atoms with Crippen LogP contribution in [0.5, 0.6) is 0 Å². The molecule has 0 saturated heterocycles. The number of rotatable bonds is 4. The van der Waals surface area contributed by atoms with Gasteiger partial charge in [0.05, 0.1) is 6.10 Å². The van der Waals surface area contributed by atoms with Crippen LogP contribution in [0.4, 0.5) is 0 Å². The van der Waals surface area contributed by atoms with Crippen LogP contribution in [-0.2, 0) is 14.4 Å². The van der Waals surface area contributed by atoms with Gasteiger partial charge in [0, 0.05) is 23.7 Å². The van der Waals surface area contributed by atoms with Gasteiger partial charge in [-0.05, 0) is 67.4 Å². The summed E-state index contributed by atoms with van der Waals surface area (Å²) in [4.78, 5) is 36.5. The van der Waals surface area contributed by atoms with Crippen molar-refractivity contribution in [3.63, 3.8) is 0 Å². The number of hydrogen-bond donors (Lipinski definition) is 2. The average molecular weight is 401 g/mol. The van der Waals surface area contributed by atoms with Gasteiger partial charge in [0.15, 0.2) is 5.78 Å². The van der Waals surface area contributed by atoms with Crippen LogP contribution in [-0.4, -0.2) is 33.9 Å². The highest BCUT2D eigenvalue weighted by molar-refractivity contribution is 6.01. The lowest BCUT2D eigenvalue weighted by Crippen LogP contribution is -2.58. The van der Waals surface area contributed by atoms with E-state index in [9.17, 15) is 19.5 Å². The maximum absolute atomic E-state index is 13.6. The number of fused-ring (bicyclic) bond motifs is 5. The van der Waals surface area contributed by atoms with E-state index in [1.54, 1.807) is 12.2 Å². The number of aliphatic hydroxyl groups excluding tert-OH is 1. The number of Topliss-reactive ketones (excluding diaryl/α,β-unsaturated/α-hetero) is 1. The first-order valence-corrected chi connectivity index (χ1v) is 11.0. The van der Waals surface area contributed by atoms with Crippen LogP contribution in [0.1, 0.15) is 59.3 Å². The molecule has 3 fully saturated rings. The molecule has 5 heteroatoms. The van der Waals surface area contributed by atoms with Gasteiger partial charge in [-0.25, -0.2) is 0 Å². The zero-order valence-corrected chi connectivity index (χ0v) is 17.6. The second-order valence-corrected chi connectivity index (χ2v) is 10.3. The van der Waals surface area contributed by atoms with Gasteiger partial charge in [-0.3, -0.25) is 14.4 Å². The molecule has 2 N–H and O–H groups in total. The van der Waals surface area contributed by atoms with E-state index in [2.05, 4.69) is 20.8 Å². The number of ketones is 2. The van der Waals surface area contributed by atoms with E-state index in [4.69, 9.17) is 5.11 Å². The molecule has 0 heterocycles. The van der Waals surface area contributed by atoms with Crippen LogP contribution in [0.3, 0.4) is 0 Å². The summed E-state index contributed by atoms with van der Waals surface area (Å²) in [6.45, 7) is 6.27. The zero-order valence-electron chi connectivity index (χ0n) is 17.6. The molecular formula is C24H32O5. The number of aliphatic carboxylic acids is 1. The lowest BCUT2D eigenvalue weighted by molar-refractivity contribution is -0.154. The monoisotopic (exact) mass is 400 g/mol. The quantitative estimate of drug-likeness (QED) is 0.753. The smallest absolute Gasteiger partial charge is 0.303 e. The molecule has 0 bridgehead atoms. The highest BCUT2D eigenvalue weighted by atomic mass is 16.4. The molecular weight excluding hydrogens is 368 g/mol. The molecule has 29 heavy (non-hydrogen) atoms. The van der Waals surface area contributed by atoms with Gasteiger partial charge in [-0.2, -0.15) is 0 Å². The zero-order chi connectivity index (χ0) is 21.1. The molecule has 5 nitrogen and oxygen atoms in total. The minimum atomic E-state index is -0.792. The Morgan fingerprint density at radius 2 is 1.93 bits per heavy atom. The Morgan fingerprint density at radius 3 is 2.62 bits per heavy atom. The number of allylic oxidation sites excluding steroid dienone is 3. The first kappa shape index (κ1) is 20.5. The van der Waals surface area contributed by atoms with Crippen LogP contribution < -0.4 is 0 Å². The van der Waals surface area contributed by atoms with E-state index in [1.165, 1.54) is 0 Å². The van der Waals surface area contributed by atoms with Crippen molar-refractivity contribution in [2.45, 2.75) is 65.4 Å². The van der Waals surface area contributed by atoms with E-state index < -0.39 is 17.5 Å². The Bertz CT molecular complexity index is 810. The minimum Gasteiger partial charge on any atom is -0.481 e. The van der Waals surface area contributed by atoms with E-state index in [0.29, 0.717) is 19.3 Å². The van der Waals surface area contributed by atoms with E-state index in [1.807, 2.05) is 6.08 Å². The molecule has 4 aliphatic carbocycles. The van der Waals surface area contributed by atoms with Crippen LogP contribution in [0.15, 0.2) is 23.8 Å². The van der Waals surface area contributed by atoms with Gasteiger partial charge in [0.2, 0.25) is 0 Å². The van der Waals surface area contributed by atoms with Crippen molar-refractivity contribution in [3.05, 3.63) is 23.8 Å². The second kappa shape index (κ2) is 6.90. The number of carboxylic acids is 1. The molecule has 8 atom stereocenters. The third kappa shape index (κ3) is 2.96. The van der Waals surface area contributed by atoms with Crippen molar-refractivity contribution in [2.24, 2.45) is 40.4 Å². The topological polar surface area (TPSA) is 91.7 Å². The predicted octanol–water partition coefficient (Wildman–Crippen LogP) is 3.56. The number of hydrogen-bond acceptors (Lipinski definition) is 4. The number of aliphatic hydroxyl groups is 1. The highest BCUT2D eigenvalue weighted by Gasteiger charge is 2.64. The van der Waals surface area contributed by atoms with Gasteiger partial charge in [-0.1, -0.05) is 32.4 Å². The Hall–Kier alpha value is -1.75. The molecule has 0 spiro atoms. The van der Waals surface area contributed by atoms with Crippen molar-refractivity contribution < 1.29 is 24.6 Å². The van der Waals surface area contributed by atoms with Crippen molar-refractivity contribution in [1.29, 1.82) is 0 Å². The lowest BCUT2D eigenvalue weighted by Gasteiger charge is -2.58. The molecule has 0 aliphatic heterocycles. The van der Waals surface area contributed by atoms with Crippen LogP contribution in [0.2, 0.25) is 0 Å². The summed E-state index contributed by atoms with van der Waals surface area (Å²) in [7, 11) is 0. The number of carboxylic acid groups (broad SMARTS) is 1. The average Bonchev–Trinajstić information content (AvgIpc) is 3.01. The molecule has 0 amide bonds. The lowest BCUT2D eigenvalue weighted by atomic mass is 9.46. The second-order valence-electron chi connectivity index (χ2n) is 10.3. The summed E-state index contributed by atoms with van der Waals surface area (Å²) in [6, 6.07) is 0. The fourth-order valence-corrected chi connectivity index (χ4v) is 7.39. The largest absolute Gasteiger partial charge is 0.481 e. The molecule has 0 radical (unpaired) electrons. The highest BCUT2D eigenvalue weighted by Crippen LogP contribution is 2.65. The Morgan fingerprint density at radius 1 is 1.21 bits per heavy atom. The Kier molecular flexibility index (Phi) is 4.88. The van der Waals surface area contributed by atoms with Crippen molar-refractivity contribution in [1.82, 2.24) is 0 Å². The van der Waals surface area contributed by atoms with E-state index >= 15 is 0 Å². The predicted molar refractivity (Wildman–Crippen MR) is 108 cm³/mol. The van der Waals surface area contributed by atoms with Gasteiger partial charge in [0.1, 0.15) is 5.78 Å². The van der Waals surface area contributed by atoms with E-state index in [-0.39, 0.29) is 53.0 Å². The van der Waals surface area contributed by atoms with Gasteiger partial charge in [-0.15, -0.1) is 0 Å². The summed E-state index contributed by atoms with van der Waals surface area (Å²) in [5.74, 6) is -0.0709. The van der Waals surface area contributed by atoms with Gasteiger partial charge in [0.25, 0.3) is 0 Å². The van der Waals surface area contributed by atoms with E-state index in [0.717, 1.165) is 18.4 Å². The third-order valence-corrected chi connectivity index (χ3v) is 9.01. The van der Waals surface area contributed by atoms with Gasteiger partial charge >= 0.3 is 5.97 Å². The van der Waals surface area contributed by atoms with Crippen LogP contribution in [0.25, 0.3) is 0 Å². The summed E-state index contributed by atoms with van der Waals surface area (Å²) < 4.78 is 0. The molecule has 0 unspecified atom stereocenters. The van der Waals surface area contributed by atoms with Crippen molar-refractivity contribution in [3.8, 4) is 0 Å². The molecule has 0 aromatic rings. The molecule has 4 aliphatic rings. The summed E-state index contributed by atoms with van der Waals surface area (Å²) in [5.41, 5.74) is 0.118. The fourth-order valence-electron chi connectivity index (χ4n) is 7.39. The Labute approximate surface area is 172 Å². The number of carbonyl (C=O) groups excluding carboxylic acids is 2. The van der Waals surface area contributed by atoms with Gasteiger partial charge < -0.3 is 10.2 Å². The molecule has 3 saturated carbocycles. The molecule has 0 aromatic heterocycles. The SMILES string of the molecule is C[C@H](CCC(=O)O)[C@H]1CC[C@H]2[C@@H]3[C@H](O)CC4=CC(=O)C=C[C@]4(C)[C@H]3CC(=O)[C@]12C. The summed E-state index contributed by atoms with van der Waals surface area (Å²) in [5, 5.41) is 20.2. The molecule has 0 aromatic carbocycles. The number of carbonyl (C=O) groups is 3. The standard InChI is InChI=1S/C24H32O5/c1-13(4-7-21(28)29)16-5-6-17-22-18(12-20(27)24(16,17)3)23(2)9-8-15(25)10-14(23)11-19(22)26/h8-10,13,16-19,22,26H,4-7,11-12H2,1-3H3,(H,28,29)/t13-,16-,17+,18+,19-,22+,23+,24-/m1/s1. The summed E-state index contributed by atoms with van der Waals surface area (Å²) in [6.07, 6.45) is 8.14. The Balaban J connectivity index is 1.66. The summed E-state index contributed by atoms with van der Waals surface area (Å²) >= 11 is 0. The first-order chi connectivity index (χ1) is 13.6. The minimum absolute atomic E-state index is 0.0144. The third-order valence-electron chi connectivity index (χ3n) is 9.01. The molecule has 158 valence electrons.